The van der Waals surface area contributed by atoms with Crippen LogP contribution in [0.5, 0.6) is 0 Å². The van der Waals surface area contributed by atoms with Crippen molar-refractivity contribution >= 4 is 11.5 Å². The van der Waals surface area contributed by atoms with Crippen LogP contribution in [0.25, 0.3) is 0 Å². The van der Waals surface area contributed by atoms with Gasteiger partial charge in [-0.05, 0) is 0 Å². The van der Waals surface area contributed by atoms with Crippen molar-refractivity contribution in [1.82, 2.24) is 9.97 Å². The molecule has 0 spiro atoms. The molecule has 4 heteroatoms. The van der Waals surface area contributed by atoms with E-state index in [2.05, 4.69) is 15.3 Å². The maximum atomic E-state index is 5.56. The molecule has 10 heavy (non-hydrogen) atoms. The number of hydrogen-bond donors (Lipinski definition) is 2. The summed E-state index contributed by atoms with van der Waals surface area (Å²) in [5, 5.41) is 3.12. The van der Waals surface area contributed by atoms with E-state index < -0.39 is 0 Å². The van der Waals surface area contributed by atoms with E-state index in [0.717, 1.165) is 24.3 Å². The Labute approximate surface area is 58.5 Å². The highest BCUT2D eigenvalue weighted by Crippen LogP contribution is 2.23. The molecule has 2 rings (SSSR count). The van der Waals surface area contributed by atoms with Crippen LogP contribution in [-0.2, 0) is 6.42 Å². The average molecular weight is 136 g/mol. The van der Waals surface area contributed by atoms with Gasteiger partial charge in [0.25, 0.3) is 0 Å². The number of nitrogens with one attached hydrogen (secondary N) is 1. The minimum atomic E-state index is 0.558. The molecule has 1 aliphatic rings. The number of nitrogens with two attached hydrogens (primary N) is 1. The first-order valence-electron chi connectivity index (χ1n) is 3.21. The number of nitrogens with zero attached hydrogens (tertiary/aromatic N) is 2. The molecule has 2 heterocycles. The fraction of sp³-hybridized carbons (Fsp3) is 0.333. The van der Waals surface area contributed by atoms with E-state index in [4.69, 9.17) is 5.73 Å². The van der Waals surface area contributed by atoms with Crippen molar-refractivity contribution < 1.29 is 0 Å². The molecule has 4 nitrogen and oxygen atoms in total. The molecule has 1 aliphatic heterocycles. The molecule has 52 valence electrons. The summed E-state index contributed by atoms with van der Waals surface area (Å²) in [5.41, 5.74) is 7.51. The predicted molar refractivity (Wildman–Crippen MR) is 38.6 cm³/mol. The van der Waals surface area contributed by atoms with Crippen molar-refractivity contribution in [3.8, 4) is 0 Å². The molecular formula is C6H8N4. The number of fused-ring (bicyclic) bond motifs is 1. The molecule has 0 saturated heterocycles. The first kappa shape index (κ1) is 5.46. The SMILES string of the molecule is Nc1ncnc2c1NCC2. The quantitative estimate of drug-likeness (QED) is 0.528. The van der Waals surface area contributed by atoms with Crippen LogP contribution in [0.1, 0.15) is 5.69 Å². The van der Waals surface area contributed by atoms with Crippen LogP contribution < -0.4 is 11.1 Å². The molecule has 0 atom stereocenters. The number of anilines is 2. The molecular weight excluding hydrogens is 128 g/mol. The number of aromatic nitrogens is 2. The third kappa shape index (κ3) is 0.618. The number of nitrogen functional groups attached to an aromatic ring is 1. The zero-order valence-corrected chi connectivity index (χ0v) is 5.46. The van der Waals surface area contributed by atoms with Gasteiger partial charge in [-0.1, -0.05) is 0 Å². The second-order valence-electron chi connectivity index (χ2n) is 2.26. The van der Waals surface area contributed by atoms with Crippen molar-refractivity contribution in [1.29, 1.82) is 0 Å². The van der Waals surface area contributed by atoms with Gasteiger partial charge in [0.2, 0.25) is 0 Å². The van der Waals surface area contributed by atoms with E-state index in [1.807, 2.05) is 0 Å². The van der Waals surface area contributed by atoms with Gasteiger partial charge < -0.3 is 11.1 Å². The van der Waals surface area contributed by atoms with Crippen molar-refractivity contribution in [2.45, 2.75) is 6.42 Å². The van der Waals surface area contributed by atoms with Crippen LogP contribution in [0.2, 0.25) is 0 Å². The summed E-state index contributed by atoms with van der Waals surface area (Å²) in [4.78, 5) is 7.92. The molecule has 3 N–H and O–H groups in total. The highest BCUT2D eigenvalue weighted by molar-refractivity contribution is 5.66. The Morgan fingerprint density at radius 1 is 1.50 bits per heavy atom. The smallest absolute Gasteiger partial charge is 0.150 e. The molecule has 0 aromatic carbocycles. The molecule has 1 aromatic rings. The lowest BCUT2D eigenvalue weighted by molar-refractivity contribution is 1.03. The molecule has 0 fully saturated rings. The lowest BCUT2D eigenvalue weighted by Crippen LogP contribution is -1.98. The Morgan fingerprint density at radius 2 is 2.40 bits per heavy atom. The third-order valence-corrected chi connectivity index (χ3v) is 1.62. The summed E-state index contributed by atoms with van der Waals surface area (Å²) in [6, 6.07) is 0. The van der Waals surface area contributed by atoms with Crippen LogP contribution in [0, 0.1) is 0 Å². The lowest BCUT2D eigenvalue weighted by Gasteiger charge is -1.99. The van der Waals surface area contributed by atoms with Crippen LogP contribution >= 0.6 is 0 Å². The summed E-state index contributed by atoms with van der Waals surface area (Å²) in [5.74, 6) is 0.558. The van der Waals surface area contributed by atoms with Gasteiger partial charge in [-0.25, -0.2) is 9.97 Å². The van der Waals surface area contributed by atoms with Gasteiger partial charge in [0.1, 0.15) is 6.33 Å². The molecule has 1 aromatic heterocycles. The topological polar surface area (TPSA) is 63.8 Å². The Kier molecular flexibility index (Phi) is 1.00. The van der Waals surface area contributed by atoms with Gasteiger partial charge in [0, 0.05) is 13.0 Å². The van der Waals surface area contributed by atoms with Gasteiger partial charge in [-0.2, -0.15) is 0 Å². The molecule has 0 unspecified atom stereocenters. The largest absolute Gasteiger partial charge is 0.382 e. The van der Waals surface area contributed by atoms with Crippen molar-refractivity contribution in [3.05, 3.63) is 12.0 Å². The Balaban J connectivity index is 2.59. The zero-order chi connectivity index (χ0) is 6.97. The van der Waals surface area contributed by atoms with Gasteiger partial charge >= 0.3 is 0 Å². The Bertz CT molecular complexity index is 258. The Morgan fingerprint density at radius 3 is 3.20 bits per heavy atom. The minimum Gasteiger partial charge on any atom is -0.382 e. The molecule has 0 aliphatic carbocycles. The highest BCUT2D eigenvalue weighted by Gasteiger charge is 2.13. The summed E-state index contributed by atoms with van der Waals surface area (Å²) in [6.07, 6.45) is 2.46. The van der Waals surface area contributed by atoms with Gasteiger partial charge in [-0.3, -0.25) is 0 Å². The second-order valence-corrected chi connectivity index (χ2v) is 2.26. The van der Waals surface area contributed by atoms with Crippen molar-refractivity contribution in [3.63, 3.8) is 0 Å². The normalized spacial score (nSPS) is 14.4. The van der Waals surface area contributed by atoms with Crippen LogP contribution in [0.15, 0.2) is 6.33 Å². The first-order valence-corrected chi connectivity index (χ1v) is 3.21. The first-order chi connectivity index (χ1) is 4.88. The second kappa shape index (κ2) is 1.83. The van der Waals surface area contributed by atoms with Crippen LogP contribution in [-0.4, -0.2) is 16.5 Å². The maximum Gasteiger partial charge on any atom is 0.150 e. The van der Waals surface area contributed by atoms with Gasteiger partial charge in [0.05, 0.1) is 11.4 Å². The van der Waals surface area contributed by atoms with E-state index in [-0.39, 0.29) is 0 Å². The minimum absolute atomic E-state index is 0.558. The van der Waals surface area contributed by atoms with E-state index in [9.17, 15) is 0 Å². The standard InChI is InChI=1S/C6H8N4/c7-6-5-4(1-2-8-5)9-3-10-6/h3,8H,1-2H2,(H2,7,9,10). The van der Waals surface area contributed by atoms with E-state index in [1.165, 1.54) is 6.33 Å². The van der Waals surface area contributed by atoms with Crippen molar-refractivity contribution in [2.24, 2.45) is 0 Å². The molecule has 0 bridgehead atoms. The predicted octanol–water partition coefficient (Wildman–Crippen LogP) is 0.0268. The summed E-state index contributed by atoms with van der Waals surface area (Å²) < 4.78 is 0. The van der Waals surface area contributed by atoms with E-state index in [0.29, 0.717) is 5.82 Å². The highest BCUT2D eigenvalue weighted by atomic mass is 15.0. The number of hydrogen-bond acceptors (Lipinski definition) is 4. The lowest BCUT2D eigenvalue weighted by atomic mass is 10.3. The van der Waals surface area contributed by atoms with Gasteiger partial charge in [-0.15, -0.1) is 0 Å². The van der Waals surface area contributed by atoms with Gasteiger partial charge in [0.15, 0.2) is 5.82 Å². The zero-order valence-electron chi connectivity index (χ0n) is 5.46. The van der Waals surface area contributed by atoms with E-state index >= 15 is 0 Å². The summed E-state index contributed by atoms with van der Waals surface area (Å²) >= 11 is 0. The monoisotopic (exact) mass is 136 g/mol. The van der Waals surface area contributed by atoms with Crippen LogP contribution in [0.4, 0.5) is 11.5 Å². The van der Waals surface area contributed by atoms with Crippen LogP contribution in [0.3, 0.4) is 0 Å². The molecule has 0 radical (unpaired) electrons. The number of rotatable bonds is 0. The van der Waals surface area contributed by atoms with Crippen molar-refractivity contribution in [2.75, 3.05) is 17.6 Å². The summed E-state index contributed by atoms with van der Waals surface area (Å²) in [7, 11) is 0. The fourth-order valence-corrected chi connectivity index (χ4v) is 1.13. The Hall–Kier alpha value is -1.32. The molecule has 0 amide bonds. The molecule has 0 saturated carbocycles. The maximum absolute atomic E-state index is 5.56. The third-order valence-electron chi connectivity index (χ3n) is 1.62. The summed E-state index contributed by atoms with van der Waals surface area (Å²) in [6.45, 7) is 0.929. The average Bonchev–Trinajstić information content (AvgIpc) is 2.36. The fourth-order valence-electron chi connectivity index (χ4n) is 1.13. The van der Waals surface area contributed by atoms with E-state index in [1.54, 1.807) is 0 Å².